The number of rotatable bonds is 7. The standard InChI is InChI=1S/C23H28N5O4.CH3.Y/c1-14-18-12-19(15-4-9-20(31-3)25-13-15)22(29)28(21(18)27-23(24)26-14)16-5-7-17(8-6-16)32-11-10-30-2;;/h4,9,12-13,16-17H,2,5-8,10-11H2,1,3H3,(H2,24,26,27);1H3;/q2*-1;. The summed E-state index contributed by atoms with van der Waals surface area (Å²) >= 11 is 0. The van der Waals surface area contributed by atoms with E-state index >= 15 is 0 Å². The van der Waals surface area contributed by atoms with Crippen LogP contribution in [0.3, 0.4) is 0 Å². The van der Waals surface area contributed by atoms with Crippen LogP contribution in [0, 0.1) is 21.5 Å². The van der Waals surface area contributed by atoms with Crippen molar-refractivity contribution in [3.63, 3.8) is 0 Å². The first kappa shape index (κ1) is 28.3. The molecule has 1 saturated carbocycles. The fraction of sp³-hybridized carbons (Fsp3) is 0.417. The van der Waals surface area contributed by atoms with Crippen molar-refractivity contribution in [2.45, 2.75) is 44.8 Å². The Bertz CT molecular complexity index is 1140. The summed E-state index contributed by atoms with van der Waals surface area (Å²) in [5.41, 5.74) is 8.40. The molecule has 1 radical (unpaired) electrons. The van der Waals surface area contributed by atoms with Crippen molar-refractivity contribution >= 4 is 17.0 Å². The second kappa shape index (κ2) is 12.7. The molecular formula is C24H31N5O4Y-2. The molecule has 9 nitrogen and oxygen atoms in total. The maximum absolute atomic E-state index is 13.7. The Morgan fingerprint density at radius 2 is 1.91 bits per heavy atom. The Morgan fingerprint density at radius 1 is 1.18 bits per heavy atom. The van der Waals surface area contributed by atoms with Crippen LogP contribution in [0.5, 0.6) is 5.88 Å². The molecule has 1 fully saturated rings. The van der Waals surface area contributed by atoms with Gasteiger partial charge in [-0.15, -0.1) is 0 Å². The molecule has 4 rings (SSSR count). The first-order chi connectivity index (χ1) is 15.5. The molecule has 0 saturated heterocycles. The van der Waals surface area contributed by atoms with Crippen molar-refractivity contribution in [3.8, 4) is 17.0 Å². The number of nitrogens with zero attached hydrogens (tertiary/aromatic N) is 4. The number of methoxy groups -OCH3 is 1. The third-order valence-electron chi connectivity index (χ3n) is 5.95. The molecule has 0 amide bonds. The average molecular weight is 542 g/mol. The zero-order valence-corrected chi connectivity index (χ0v) is 22.8. The van der Waals surface area contributed by atoms with Crippen molar-refractivity contribution in [3.05, 3.63) is 55.0 Å². The number of hydrogen-bond donors (Lipinski definition) is 1. The maximum Gasteiger partial charge on any atom is 0.260 e. The zero-order chi connectivity index (χ0) is 22.7. The van der Waals surface area contributed by atoms with Gasteiger partial charge in [0.2, 0.25) is 11.8 Å². The smallest absolute Gasteiger partial charge is 0.260 e. The molecule has 3 aromatic rings. The van der Waals surface area contributed by atoms with E-state index in [1.807, 2.05) is 19.1 Å². The molecule has 0 aliphatic heterocycles. The number of aromatic nitrogens is 4. The van der Waals surface area contributed by atoms with E-state index in [4.69, 9.17) is 19.9 Å². The van der Waals surface area contributed by atoms with E-state index in [0.717, 1.165) is 36.8 Å². The molecule has 181 valence electrons. The van der Waals surface area contributed by atoms with E-state index in [9.17, 15) is 4.79 Å². The summed E-state index contributed by atoms with van der Waals surface area (Å²) in [6, 6.07) is 5.41. The summed E-state index contributed by atoms with van der Waals surface area (Å²) in [5.74, 6) is 0.650. The maximum atomic E-state index is 13.7. The van der Waals surface area contributed by atoms with Gasteiger partial charge < -0.3 is 27.4 Å². The van der Waals surface area contributed by atoms with E-state index < -0.39 is 0 Å². The topological polar surface area (TPSA) is 114 Å². The van der Waals surface area contributed by atoms with Gasteiger partial charge in [0, 0.05) is 74.1 Å². The molecule has 10 heteroatoms. The number of aryl methyl sites for hydroxylation is 1. The largest absolute Gasteiger partial charge is 0.553 e. The Morgan fingerprint density at radius 3 is 2.53 bits per heavy atom. The summed E-state index contributed by atoms with van der Waals surface area (Å²) in [6.45, 7) is 2.86. The molecular weight excluding hydrogens is 511 g/mol. The summed E-state index contributed by atoms with van der Waals surface area (Å²) in [6.07, 6.45) is 5.11. The van der Waals surface area contributed by atoms with E-state index in [1.165, 1.54) is 0 Å². The Labute approximate surface area is 225 Å². The Hall–Kier alpha value is -1.94. The molecule has 1 aliphatic carbocycles. The van der Waals surface area contributed by atoms with Crippen molar-refractivity contribution < 1.29 is 46.9 Å². The van der Waals surface area contributed by atoms with Gasteiger partial charge in [-0.05, 0) is 44.7 Å². The van der Waals surface area contributed by atoms with Gasteiger partial charge in [0.25, 0.3) is 5.56 Å². The van der Waals surface area contributed by atoms with E-state index in [0.29, 0.717) is 35.9 Å². The fourth-order valence-electron chi connectivity index (χ4n) is 4.32. The van der Waals surface area contributed by atoms with Gasteiger partial charge in [0.1, 0.15) is 5.65 Å². The number of hydrogen-bond acceptors (Lipinski definition) is 8. The summed E-state index contributed by atoms with van der Waals surface area (Å²) in [5, 5.41) is 0.801. The second-order valence-corrected chi connectivity index (χ2v) is 7.94. The van der Waals surface area contributed by atoms with E-state index in [2.05, 4.69) is 22.1 Å². The predicted molar refractivity (Wildman–Crippen MR) is 128 cm³/mol. The minimum absolute atomic E-state index is 0. The third kappa shape index (κ3) is 6.00. The zero-order valence-electron chi connectivity index (χ0n) is 20.0. The Balaban J connectivity index is 0.00000204. The van der Waals surface area contributed by atoms with Gasteiger partial charge >= 0.3 is 0 Å². The summed E-state index contributed by atoms with van der Waals surface area (Å²) < 4.78 is 17.6. The SMILES string of the molecule is [CH2-]OCCOC1CCC(n2c(=O)c(-c3ccc(OC)nc3)cc3c(C)nc(N)nc32)CC1.[CH3-].[Y]. The first-order valence-electron chi connectivity index (χ1n) is 10.7. The van der Waals surface area contributed by atoms with Crippen LogP contribution in [-0.2, 0) is 42.2 Å². The average Bonchev–Trinajstić information content (AvgIpc) is 2.80. The van der Waals surface area contributed by atoms with Crippen LogP contribution < -0.4 is 16.0 Å². The minimum Gasteiger partial charge on any atom is -0.553 e. The van der Waals surface area contributed by atoms with Crippen molar-refractivity contribution in [2.24, 2.45) is 0 Å². The minimum atomic E-state index is -0.114. The second-order valence-electron chi connectivity index (χ2n) is 7.94. The van der Waals surface area contributed by atoms with Crippen LogP contribution in [0.2, 0.25) is 0 Å². The van der Waals surface area contributed by atoms with Gasteiger partial charge in [-0.25, -0.2) is 17.1 Å². The Kier molecular flexibility index (Phi) is 10.6. The molecule has 1 aliphatic rings. The molecule has 0 spiro atoms. The van der Waals surface area contributed by atoms with Crippen LogP contribution in [0.1, 0.15) is 37.4 Å². The van der Waals surface area contributed by atoms with Crippen molar-refractivity contribution in [1.29, 1.82) is 0 Å². The van der Waals surface area contributed by atoms with Gasteiger partial charge in [-0.2, -0.15) is 4.98 Å². The van der Waals surface area contributed by atoms with Crippen molar-refractivity contribution in [1.82, 2.24) is 19.5 Å². The fourth-order valence-corrected chi connectivity index (χ4v) is 4.32. The molecule has 3 aromatic heterocycles. The molecule has 3 heterocycles. The summed E-state index contributed by atoms with van der Waals surface area (Å²) in [4.78, 5) is 26.7. The van der Waals surface area contributed by atoms with Gasteiger partial charge in [-0.3, -0.25) is 9.36 Å². The molecule has 0 atom stereocenters. The number of pyridine rings is 2. The van der Waals surface area contributed by atoms with E-state index in [1.54, 1.807) is 23.9 Å². The van der Waals surface area contributed by atoms with E-state index in [-0.39, 0.29) is 63.8 Å². The number of anilines is 1. The number of fused-ring (bicyclic) bond motifs is 1. The normalized spacial score (nSPS) is 17.6. The number of ether oxygens (including phenoxy) is 3. The predicted octanol–water partition coefficient (Wildman–Crippen LogP) is 3.51. The van der Waals surface area contributed by atoms with Crippen LogP contribution in [-0.4, -0.2) is 45.9 Å². The van der Waals surface area contributed by atoms with Gasteiger partial charge in [-0.1, -0.05) is 0 Å². The number of nitrogens with two attached hydrogens (primary N) is 1. The number of nitrogen functional groups attached to an aromatic ring is 1. The molecule has 0 bridgehead atoms. The van der Waals surface area contributed by atoms with Gasteiger partial charge in [0.05, 0.1) is 25.5 Å². The van der Waals surface area contributed by atoms with Crippen LogP contribution >= 0.6 is 0 Å². The van der Waals surface area contributed by atoms with Crippen LogP contribution in [0.4, 0.5) is 5.95 Å². The van der Waals surface area contributed by atoms with Gasteiger partial charge in [0.15, 0.2) is 0 Å². The summed E-state index contributed by atoms with van der Waals surface area (Å²) in [7, 11) is 4.92. The monoisotopic (exact) mass is 542 g/mol. The first-order valence-corrected chi connectivity index (χ1v) is 10.7. The third-order valence-corrected chi connectivity index (χ3v) is 5.95. The quantitative estimate of drug-likeness (QED) is 0.357. The molecule has 34 heavy (non-hydrogen) atoms. The van der Waals surface area contributed by atoms with Crippen LogP contribution in [0.15, 0.2) is 29.2 Å². The molecule has 2 N–H and O–H groups in total. The van der Waals surface area contributed by atoms with Crippen molar-refractivity contribution in [2.75, 3.05) is 26.1 Å². The van der Waals surface area contributed by atoms with Crippen LogP contribution in [0.25, 0.3) is 22.2 Å². The molecule has 0 aromatic carbocycles. The molecule has 0 unspecified atom stereocenters.